The lowest BCUT2D eigenvalue weighted by molar-refractivity contribution is -0.295. The van der Waals surface area contributed by atoms with Crippen LogP contribution < -0.4 is 0 Å². The Morgan fingerprint density at radius 1 is 1.16 bits per heavy atom. The average Bonchev–Trinajstić information content (AvgIpc) is 2.97. The fourth-order valence-corrected chi connectivity index (χ4v) is 6.84. The summed E-state index contributed by atoms with van der Waals surface area (Å²) in [7, 11) is 7.43. The Kier molecular flexibility index (Phi) is 12.6. The highest BCUT2D eigenvalue weighted by molar-refractivity contribution is 6.07. The number of aliphatic hydroxyl groups is 1. The second-order valence-electron chi connectivity index (χ2n) is 13.5. The van der Waals surface area contributed by atoms with Crippen LogP contribution in [-0.4, -0.2) is 148 Å². The van der Waals surface area contributed by atoms with Gasteiger partial charge in [0.15, 0.2) is 17.5 Å². The molecule has 0 aromatic carbocycles. The van der Waals surface area contributed by atoms with E-state index < -0.39 is 47.2 Å². The van der Waals surface area contributed by atoms with Gasteiger partial charge in [-0.15, -0.1) is 6.42 Å². The molecule has 1 unspecified atom stereocenters. The van der Waals surface area contributed by atoms with Crippen molar-refractivity contribution in [1.82, 2.24) is 14.7 Å². The number of nitrogens with zero attached hydrogens (tertiary/aromatic N) is 3. The fraction of sp³-hybridized carbons (Fsp3) is 0.875. The fourth-order valence-electron chi connectivity index (χ4n) is 6.84. The van der Waals surface area contributed by atoms with Gasteiger partial charge in [0, 0.05) is 45.2 Å². The normalized spacial score (nSPS) is 41.5. The lowest BCUT2D eigenvalue weighted by Crippen LogP contribution is -2.59. The van der Waals surface area contributed by atoms with E-state index in [1.165, 1.54) is 6.92 Å². The second-order valence-corrected chi connectivity index (χ2v) is 13.5. The first kappa shape index (κ1) is 35.9. The highest BCUT2D eigenvalue weighted by Gasteiger charge is 2.52. The molecule has 3 aliphatic rings. The van der Waals surface area contributed by atoms with Crippen molar-refractivity contribution in [3.05, 3.63) is 0 Å². The van der Waals surface area contributed by atoms with Crippen LogP contribution in [0.1, 0.15) is 47.5 Å². The van der Waals surface area contributed by atoms with Gasteiger partial charge in [0.1, 0.15) is 12.7 Å². The van der Waals surface area contributed by atoms with Gasteiger partial charge in [0.05, 0.1) is 37.1 Å². The number of hydrogen-bond donors (Lipinski definition) is 1. The summed E-state index contributed by atoms with van der Waals surface area (Å²) >= 11 is 0. The monoisotopic (exact) mass is 609 g/mol. The number of methoxy groups -OCH3 is 1. The van der Waals surface area contributed by atoms with Crippen LogP contribution in [0.3, 0.4) is 0 Å². The van der Waals surface area contributed by atoms with Gasteiger partial charge >= 0.3 is 5.97 Å². The molecule has 0 spiro atoms. The molecule has 11 nitrogen and oxygen atoms in total. The van der Waals surface area contributed by atoms with Crippen molar-refractivity contribution >= 4 is 11.8 Å². The number of rotatable bonds is 6. The molecule has 11 heteroatoms. The number of carbonyl (C=O) groups excluding carboxylic acids is 2. The molecule has 0 aliphatic carbocycles. The van der Waals surface area contributed by atoms with Gasteiger partial charge in [-0.05, 0) is 60.7 Å². The summed E-state index contributed by atoms with van der Waals surface area (Å²) in [5, 5.41) is 11.3. The van der Waals surface area contributed by atoms with E-state index in [1.807, 2.05) is 39.9 Å². The smallest absolute Gasteiger partial charge is 0.331 e. The first-order valence-electron chi connectivity index (χ1n) is 15.6. The first-order chi connectivity index (χ1) is 20.2. The molecular formula is C32H55N3O8. The Morgan fingerprint density at radius 3 is 2.40 bits per heavy atom. The van der Waals surface area contributed by atoms with Gasteiger partial charge in [-0.25, -0.2) is 4.79 Å². The number of ether oxygens (including phenoxy) is 5. The SMILES string of the molecule is C#C[C@]1(C)C(=O)OC[C@@H](CN2CCOCC2)N(C)C[C@H](C)C[C@@](C)(OC)[C@H](O[C@@H]2O[C@H](C)CC(N(C)C)[C@H]2O)[C@@H](C)C1=O. The molecule has 10 atom stereocenters. The van der Waals surface area contributed by atoms with Crippen LogP contribution in [0.4, 0.5) is 0 Å². The molecule has 0 radical (unpaired) electrons. The minimum atomic E-state index is -1.84. The Morgan fingerprint density at radius 2 is 1.81 bits per heavy atom. The molecule has 3 aliphatic heterocycles. The van der Waals surface area contributed by atoms with Crippen LogP contribution in [-0.2, 0) is 33.3 Å². The van der Waals surface area contributed by atoms with E-state index in [-0.39, 0.29) is 30.7 Å². The molecule has 1 N–H and O–H groups in total. The molecule has 3 heterocycles. The number of terminal acetylenes is 1. The number of cyclic esters (lactones) is 1. The molecular weight excluding hydrogens is 554 g/mol. The van der Waals surface area contributed by atoms with E-state index in [9.17, 15) is 14.7 Å². The Hall–Kier alpha value is -1.62. The van der Waals surface area contributed by atoms with Gasteiger partial charge in [-0.3, -0.25) is 14.6 Å². The number of carbonyl (C=O) groups is 2. The van der Waals surface area contributed by atoms with Gasteiger partial charge in [-0.2, -0.15) is 0 Å². The van der Waals surface area contributed by atoms with Crippen molar-refractivity contribution in [2.45, 2.75) is 89.7 Å². The molecule has 3 fully saturated rings. The average molecular weight is 610 g/mol. The zero-order valence-corrected chi connectivity index (χ0v) is 27.7. The largest absolute Gasteiger partial charge is 0.463 e. The summed E-state index contributed by atoms with van der Waals surface area (Å²) < 4.78 is 30.2. The van der Waals surface area contributed by atoms with Crippen molar-refractivity contribution < 1.29 is 38.4 Å². The zero-order chi connectivity index (χ0) is 32.1. The van der Waals surface area contributed by atoms with E-state index >= 15 is 0 Å². The number of esters is 1. The van der Waals surface area contributed by atoms with Crippen molar-refractivity contribution in [2.24, 2.45) is 17.3 Å². The number of Topliss-reactive ketones (excluding diaryl/α,β-unsaturated/α-hetero) is 1. The summed E-state index contributed by atoms with van der Waals surface area (Å²) in [6.45, 7) is 13.5. The summed E-state index contributed by atoms with van der Waals surface area (Å²) in [4.78, 5) is 34.3. The van der Waals surface area contributed by atoms with E-state index in [0.29, 0.717) is 39.1 Å². The first-order valence-corrected chi connectivity index (χ1v) is 15.6. The molecule has 43 heavy (non-hydrogen) atoms. The number of hydrogen-bond acceptors (Lipinski definition) is 11. The molecule has 0 bridgehead atoms. The van der Waals surface area contributed by atoms with Crippen molar-refractivity contribution in [3.8, 4) is 12.3 Å². The molecule has 3 saturated heterocycles. The molecule has 0 saturated carbocycles. The van der Waals surface area contributed by atoms with Crippen molar-refractivity contribution in [1.29, 1.82) is 0 Å². The number of morpholine rings is 1. The lowest BCUT2D eigenvalue weighted by Gasteiger charge is -2.47. The standard InChI is InChI=1S/C32H55N3O8/c1-11-31(5)27(37)23(4)28(43-29-26(36)25(33(7)8)16-22(3)42-29)32(6,39-10)17-21(2)18-34(9)24(20-41-30(31)38)19-35-12-14-40-15-13-35/h1,21-26,28-29,36H,12-20H2,2-10H3/t21-,22-,23+,24-,25?,26-,28-,29+,31+,32-/m1/s1. The third kappa shape index (κ3) is 8.35. The van der Waals surface area contributed by atoms with Crippen LogP contribution in [0.15, 0.2) is 0 Å². The molecule has 0 amide bonds. The minimum absolute atomic E-state index is 0.103. The molecule has 0 aromatic rings. The number of aliphatic hydroxyl groups excluding tert-OH is 1. The van der Waals surface area contributed by atoms with Crippen molar-refractivity contribution in [2.75, 3.05) is 74.3 Å². The quantitative estimate of drug-likeness (QED) is 0.267. The summed E-state index contributed by atoms with van der Waals surface area (Å²) in [6.07, 6.45) is 4.02. The molecule has 0 aromatic heterocycles. The Bertz CT molecular complexity index is 984. The van der Waals surface area contributed by atoms with Crippen LogP contribution in [0.2, 0.25) is 0 Å². The van der Waals surface area contributed by atoms with E-state index in [2.05, 4.69) is 22.6 Å². The maximum Gasteiger partial charge on any atom is 0.331 e. The van der Waals surface area contributed by atoms with Crippen LogP contribution in [0.5, 0.6) is 0 Å². The predicted molar refractivity (Wildman–Crippen MR) is 162 cm³/mol. The maximum atomic E-state index is 14.2. The van der Waals surface area contributed by atoms with E-state index in [4.69, 9.17) is 30.1 Å². The van der Waals surface area contributed by atoms with E-state index in [1.54, 1.807) is 14.0 Å². The number of ketones is 1. The zero-order valence-electron chi connectivity index (χ0n) is 27.7. The van der Waals surface area contributed by atoms with E-state index in [0.717, 1.165) is 13.1 Å². The number of likely N-dealkylation sites (N-methyl/N-ethyl adjacent to an activating group) is 2. The second kappa shape index (κ2) is 15.1. The minimum Gasteiger partial charge on any atom is -0.463 e. The Labute approximate surface area is 258 Å². The van der Waals surface area contributed by atoms with Gasteiger partial charge in [-0.1, -0.05) is 19.8 Å². The maximum absolute atomic E-state index is 14.2. The van der Waals surface area contributed by atoms with Crippen molar-refractivity contribution in [3.63, 3.8) is 0 Å². The summed E-state index contributed by atoms with van der Waals surface area (Å²) in [5.74, 6) is 0.415. The summed E-state index contributed by atoms with van der Waals surface area (Å²) in [5.41, 5.74) is -2.83. The topological polar surface area (TPSA) is 110 Å². The molecule has 246 valence electrons. The van der Waals surface area contributed by atoms with Crippen LogP contribution in [0, 0.1) is 29.6 Å². The highest BCUT2D eigenvalue weighted by Crippen LogP contribution is 2.38. The predicted octanol–water partition coefficient (Wildman–Crippen LogP) is 1.26. The highest BCUT2D eigenvalue weighted by atomic mass is 16.7. The Balaban J connectivity index is 2.00. The third-order valence-electron chi connectivity index (χ3n) is 9.64. The van der Waals surface area contributed by atoms with Gasteiger partial charge in [0.25, 0.3) is 0 Å². The van der Waals surface area contributed by atoms with Crippen LogP contribution >= 0.6 is 0 Å². The third-order valence-corrected chi connectivity index (χ3v) is 9.64. The molecule has 3 rings (SSSR count). The lowest BCUT2D eigenvalue weighted by atomic mass is 9.73. The van der Waals surface area contributed by atoms with Gasteiger partial charge in [0.2, 0.25) is 0 Å². The van der Waals surface area contributed by atoms with Gasteiger partial charge < -0.3 is 33.7 Å². The van der Waals surface area contributed by atoms with Crippen LogP contribution in [0.25, 0.3) is 0 Å². The summed E-state index contributed by atoms with van der Waals surface area (Å²) in [6, 6.07) is -0.318.